The van der Waals surface area contributed by atoms with E-state index in [-0.39, 0.29) is 11.5 Å². The van der Waals surface area contributed by atoms with E-state index >= 15 is 0 Å². The van der Waals surface area contributed by atoms with Crippen molar-refractivity contribution >= 4 is 27.7 Å². The van der Waals surface area contributed by atoms with Crippen LogP contribution in [0.1, 0.15) is 23.0 Å². The van der Waals surface area contributed by atoms with Crippen LogP contribution in [-0.2, 0) is 4.74 Å². The number of esters is 1. The first-order chi connectivity index (χ1) is 9.02. The largest absolute Gasteiger partial charge is 0.461 e. The van der Waals surface area contributed by atoms with E-state index in [0.29, 0.717) is 6.61 Å². The van der Waals surface area contributed by atoms with Crippen molar-refractivity contribution in [1.29, 1.82) is 0 Å². The Labute approximate surface area is 119 Å². The molecule has 2 rings (SSSR count). The summed E-state index contributed by atoms with van der Waals surface area (Å²) in [4.78, 5) is 15.7. The number of carbonyl (C=O) groups excluding carboxylic acids is 1. The number of nitrogen functional groups attached to an aromatic ring is 1. The second-order valence-corrected chi connectivity index (χ2v) is 4.97. The molecule has 0 saturated carbocycles. The second kappa shape index (κ2) is 5.44. The molecule has 2 aromatic rings. The summed E-state index contributed by atoms with van der Waals surface area (Å²) in [5.74, 6) is -0.235. The summed E-state index contributed by atoms with van der Waals surface area (Å²) < 4.78 is 7.50. The highest BCUT2D eigenvalue weighted by Gasteiger charge is 2.17. The standard InChI is InChI=1S/C13H14BrN3O2/c1-3-19-13(18)11-12(15)17(7-16-11)10-5-8(2)4-9(14)6-10/h4-7H,3,15H2,1-2H3. The third kappa shape index (κ3) is 2.78. The predicted octanol–water partition coefficient (Wildman–Crippen LogP) is 2.70. The zero-order valence-electron chi connectivity index (χ0n) is 10.7. The van der Waals surface area contributed by atoms with Crippen LogP contribution in [0.25, 0.3) is 5.69 Å². The smallest absolute Gasteiger partial charge is 0.360 e. The van der Waals surface area contributed by atoms with Crippen molar-refractivity contribution in [2.75, 3.05) is 12.3 Å². The number of benzene rings is 1. The van der Waals surface area contributed by atoms with E-state index < -0.39 is 5.97 Å². The zero-order chi connectivity index (χ0) is 14.0. The first-order valence-corrected chi connectivity index (χ1v) is 6.59. The molecule has 5 nitrogen and oxygen atoms in total. The first kappa shape index (κ1) is 13.6. The van der Waals surface area contributed by atoms with Crippen molar-refractivity contribution in [3.63, 3.8) is 0 Å². The second-order valence-electron chi connectivity index (χ2n) is 4.06. The SMILES string of the molecule is CCOC(=O)c1ncn(-c2cc(C)cc(Br)c2)c1N. The minimum absolute atomic E-state index is 0.138. The molecule has 0 aliphatic heterocycles. The summed E-state index contributed by atoms with van der Waals surface area (Å²) in [6, 6.07) is 5.85. The Bertz CT molecular complexity index is 602. The molecular weight excluding hydrogens is 310 g/mol. The first-order valence-electron chi connectivity index (χ1n) is 5.80. The van der Waals surface area contributed by atoms with Gasteiger partial charge in [0.2, 0.25) is 0 Å². The molecule has 1 heterocycles. The van der Waals surface area contributed by atoms with Crippen molar-refractivity contribution in [3.8, 4) is 5.69 Å². The number of aryl methyl sites for hydroxylation is 1. The number of carbonyl (C=O) groups is 1. The Morgan fingerprint density at radius 3 is 2.84 bits per heavy atom. The number of imidazole rings is 1. The van der Waals surface area contributed by atoms with Crippen LogP contribution in [0.5, 0.6) is 0 Å². The van der Waals surface area contributed by atoms with Gasteiger partial charge in [0, 0.05) is 10.2 Å². The maximum atomic E-state index is 11.7. The van der Waals surface area contributed by atoms with Gasteiger partial charge in [-0.25, -0.2) is 9.78 Å². The van der Waals surface area contributed by atoms with Gasteiger partial charge in [0.25, 0.3) is 0 Å². The number of anilines is 1. The molecule has 0 amide bonds. The quantitative estimate of drug-likeness (QED) is 0.881. The average molecular weight is 324 g/mol. The molecule has 6 heteroatoms. The number of halogens is 1. The Morgan fingerprint density at radius 2 is 2.21 bits per heavy atom. The van der Waals surface area contributed by atoms with Crippen LogP contribution in [0.4, 0.5) is 5.82 Å². The van der Waals surface area contributed by atoms with Crippen LogP contribution in [0.3, 0.4) is 0 Å². The van der Waals surface area contributed by atoms with Crippen LogP contribution < -0.4 is 5.73 Å². The van der Waals surface area contributed by atoms with Crippen LogP contribution in [0.2, 0.25) is 0 Å². The molecule has 19 heavy (non-hydrogen) atoms. The molecule has 0 aliphatic carbocycles. The molecule has 0 atom stereocenters. The lowest BCUT2D eigenvalue weighted by molar-refractivity contribution is 0.0521. The Balaban J connectivity index is 2.44. The molecule has 0 spiro atoms. The minimum Gasteiger partial charge on any atom is -0.461 e. The van der Waals surface area contributed by atoms with E-state index in [1.54, 1.807) is 11.5 Å². The van der Waals surface area contributed by atoms with Crippen LogP contribution >= 0.6 is 15.9 Å². The third-order valence-electron chi connectivity index (χ3n) is 2.58. The lowest BCUT2D eigenvalue weighted by atomic mass is 10.2. The van der Waals surface area contributed by atoms with Crippen LogP contribution in [0, 0.1) is 6.92 Å². The molecule has 100 valence electrons. The number of nitrogens with two attached hydrogens (primary N) is 1. The maximum Gasteiger partial charge on any atom is 0.360 e. The molecular formula is C13H14BrN3O2. The minimum atomic E-state index is -0.509. The van der Waals surface area contributed by atoms with Gasteiger partial charge in [0.15, 0.2) is 5.69 Å². The molecule has 0 aliphatic rings. The van der Waals surface area contributed by atoms with Gasteiger partial charge in [-0.05, 0) is 37.6 Å². The zero-order valence-corrected chi connectivity index (χ0v) is 12.3. The number of hydrogen-bond acceptors (Lipinski definition) is 4. The van der Waals surface area contributed by atoms with E-state index in [1.165, 1.54) is 6.33 Å². The summed E-state index contributed by atoms with van der Waals surface area (Å²) >= 11 is 3.43. The normalized spacial score (nSPS) is 10.5. The highest BCUT2D eigenvalue weighted by molar-refractivity contribution is 9.10. The Morgan fingerprint density at radius 1 is 1.47 bits per heavy atom. The van der Waals surface area contributed by atoms with Gasteiger partial charge in [-0.15, -0.1) is 0 Å². The highest BCUT2D eigenvalue weighted by atomic mass is 79.9. The topological polar surface area (TPSA) is 70.1 Å². The Kier molecular flexibility index (Phi) is 3.90. The van der Waals surface area contributed by atoms with Crippen LogP contribution in [-0.4, -0.2) is 22.1 Å². The summed E-state index contributed by atoms with van der Waals surface area (Å²) in [6.07, 6.45) is 1.52. The fourth-order valence-electron chi connectivity index (χ4n) is 1.78. The number of nitrogens with zero attached hydrogens (tertiary/aromatic N) is 2. The van der Waals surface area contributed by atoms with Crippen molar-refractivity contribution < 1.29 is 9.53 Å². The molecule has 1 aromatic carbocycles. The van der Waals surface area contributed by atoms with Gasteiger partial charge >= 0.3 is 5.97 Å². The lowest BCUT2D eigenvalue weighted by Gasteiger charge is -2.07. The molecule has 0 bridgehead atoms. The van der Waals surface area contributed by atoms with Crippen molar-refractivity contribution in [2.45, 2.75) is 13.8 Å². The summed E-state index contributed by atoms with van der Waals surface area (Å²) in [6.45, 7) is 4.01. The molecule has 0 fully saturated rings. The van der Waals surface area contributed by atoms with E-state index in [1.807, 2.05) is 25.1 Å². The van der Waals surface area contributed by atoms with Gasteiger partial charge < -0.3 is 10.5 Å². The van der Waals surface area contributed by atoms with Gasteiger partial charge in [-0.3, -0.25) is 4.57 Å². The van der Waals surface area contributed by atoms with Gasteiger partial charge in [-0.2, -0.15) is 0 Å². The lowest BCUT2D eigenvalue weighted by Crippen LogP contribution is -2.09. The molecule has 0 saturated heterocycles. The molecule has 0 radical (unpaired) electrons. The average Bonchev–Trinajstić information content (AvgIpc) is 2.70. The summed E-state index contributed by atoms with van der Waals surface area (Å²) in [7, 11) is 0. The van der Waals surface area contributed by atoms with Gasteiger partial charge in [-0.1, -0.05) is 15.9 Å². The monoisotopic (exact) mass is 323 g/mol. The van der Waals surface area contributed by atoms with Gasteiger partial charge in [0.05, 0.1) is 6.61 Å². The van der Waals surface area contributed by atoms with Crippen molar-refractivity contribution in [2.24, 2.45) is 0 Å². The van der Waals surface area contributed by atoms with E-state index in [2.05, 4.69) is 20.9 Å². The predicted molar refractivity (Wildman–Crippen MR) is 76.4 cm³/mol. The van der Waals surface area contributed by atoms with E-state index in [0.717, 1.165) is 15.7 Å². The Hall–Kier alpha value is -1.82. The molecule has 0 unspecified atom stereocenters. The van der Waals surface area contributed by atoms with Gasteiger partial charge in [0.1, 0.15) is 12.1 Å². The number of rotatable bonds is 3. The van der Waals surface area contributed by atoms with E-state index in [9.17, 15) is 4.79 Å². The fourth-order valence-corrected chi connectivity index (χ4v) is 2.37. The van der Waals surface area contributed by atoms with Crippen LogP contribution in [0.15, 0.2) is 29.0 Å². The number of ether oxygens (including phenoxy) is 1. The van der Waals surface area contributed by atoms with Crippen molar-refractivity contribution in [3.05, 3.63) is 40.3 Å². The maximum absolute atomic E-state index is 11.7. The summed E-state index contributed by atoms with van der Waals surface area (Å²) in [5, 5.41) is 0. The fraction of sp³-hybridized carbons (Fsp3) is 0.231. The molecule has 1 aromatic heterocycles. The van der Waals surface area contributed by atoms with E-state index in [4.69, 9.17) is 10.5 Å². The highest BCUT2D eigenvalue weighted by Crippen LogP contribution is 2.22. The molecule has 2 N–H and O–H groups in total. The number of aromatic nitrogens is 2. The number of hydrogen-bond donors (Lipinski definition) is 1. The summed E-state index contributed by atoms with van der Waals surface area (Å²) in [5.41, 5.74) is 8.01. The van der Waals surface area contributed by atoms with Crippen molar-refractivity contribution in [1.82, 2.24) is 9.55 Å². The third-order valence-corrected chi connectivity index (χ3v) is 3.04.